The van der Waals surface area contributed by atoms with Gasteiger partial charge in [-0.2, -0.15) is 0 Å². The van der Waals surface area contributed by atoms with Crippen LogP contribution in [0.1, 0.15) is 45.4 Å². The fourth-order valence-electron chi connectivity index (χ4n) is 1.94. The van der Waals surface area contributed by atoms with Crippen LogP contribution in [0, 0.1) is 0 Å². The number of carbonyl (C=O) groups excluding carboxylic acids is 1. The third kappa shape index (κ3) is 3.13. The van der Waals surface area contributed by atoms with Crippen molar-refractivity contribution in [3.63, 3.8) is 0 Å². The number of carboxylic acids is 1. The Morgan fingerprint density at radius 2 is 2.05 bits per heavy atom. The molecule has 1 saturated carbocycles. The minimum atomic E-state index is -1.07. The minimum absolute atomic E-state index is 0.0819. The molecule has 0 spiro atoms. The number of benzene rings is 1. The Hall–Kier alpha value is -2.15. The molecule has 108 valence electrons. The largest absolute Gasteiger partial charge is 0.478 e. The van der Waals surface area contributed by atoms with Crippen LogP contribution < -0.4 is 5.32 Å². The smallest absolute Gasteiger partial charge is 0.335 e. The summed E-state index contributed by atoms with van der Waals surface area (Å²) in [5.74, 6) is -0.395. The number of anilines is 1. The number of nitrogens with zero attached hydrogens (tertiary/aromatic N) is 1. The number of nitrogens with one attached hydrogen (secondary N) is 1. The predicted molar refractivity (Wildman–Crippen MR) is 77.5 cm³/mol. The van der Waals surface area contributed by atoms with E-state index >= 15 is 0 Å². The average molecular weight is 351 g/mol. The zero-order chi connectivity index (χ0) is 15.0. The van der Waals surface area contributed by atoms with Gasteiger partial charge in [-0.05, 0) is 31.0 Å². The van der Waals surface area contributed by atoms with Gasteiger partial charge in [0.1, 0.15) is 5.76 Å². The van der Waals surface area contributed by atoms with E-state index in [4.69, 9.17) is 9.63 Å². The third-order valence-electron chi connectivity index (χ3n) is 3.14. The van der Waals surface area contributed by atoms with Gasteiger partial charge in [0.2, 0.25) is 0 Å². The standard InChI is InChI=1S/C14H11BrN2O4/c15-9-3-8(14(19)20)4-10(5-9)16-13(18)11-6-12(21-17-11)7-1-2-7/h3-7H,1-2H2,(H,16,18)(H,19,20). The van der Waals surface area contributed by atoms with Gasteiger partial charge in [-0.15, -0.1) is 0 Å². The van der Waals surface area contributed by atoms with Crippen LogP contribution in [0.15, 0.2) is 33.3 Å². The van der Waals surface area contributed by atoms with Crippen molar-refractivity contribution < 1.29 is 19.2 Å². The summed E-state index contributed by atoms with van der Waals surface area (Å²) >= 11 is 3.21. The van der Waals surface area contributed by atoms with Crippen molar-refractivity contribution in [1.29, 1.82) is 0 Å². The quantitative estimate of drug-likeness (QED) is 0.882. The summed E-state index contributed by atoms with van der Waals surface area (Å²) < 4.78 is 5.69. The topological polar surface area (TPSA) is 92.4 Å². The first-order valence-corrected chi connectivity index (χ1v) is 7.14. The van der Waals surface area contributed by atoms with E-state index in [1.54, 1.807) is 12.1 Å². The highest BCUT2D eigenvalue weighted by atomic mass is 79.9. The van der Waals surface area contributed by atoms with Crippen molar-refractivity contribution in [3.8, 4) is 0 Å². The number of aromatic nitrogens is 1. The van der Waals surface area contributed by atoms with Crippen molar-refractivity contribution in [2.45, 2.75) is 18.8 Å². The Labute approximate surface area is 128 Å². The number of hydrogen-bond acceptors (Lipinski definition) is 4. The molecule has 0 radical (unpaired) electrons. The molecule has 1 amide bonds. The molecule has 1 aromatic heterocycles. The number of halogens is 1. The number of amides is 1. The molecule has 1 fully saturated rings. The molecule has 2 N–H and O–H groups in total. The van der Waals surface area contributed by atoms with Crippen LogP contribution >= 0.6 is 15.9 Å². The van der Waals surface area contributed by atoms with Crippen LogP contribution in [0.2, 0.25) is 0 Å². The second-order valence-corrected chi connectivity index (χ2v) is 5.79. The summed E-state index contributed by atoms with van der Waals surface area (Å²) in [7, 11) is 0. The van der Waals surface area contributed by atoms with Crippen molar-refractivity contribution >= 4 is 33.5 Å². The number of hydrogen-bond donors (Lipinski definition) is 2. The Morgan fingerprint density at radius 3 is 2.71 bits per heavy atom. The van der Waals surface area contributed by atoms with Crippen molar-refractivity contribution in [2.75, 3.05) is 5.32 Å². The Kier molecular flexibility index (Phi) is 3.50. The summed E-state index contributed by atoms with van der Waals surface area (Å²) in [5.41, 5.74) is 0.648. The van der Waals surface area contributed by atoms with Gasteiger partial charge in [0.15, 0.2) is 5.69 Å². The van der Waals surface area contributed by atoms with Crippen LogP contribution in [-0.2, 0) is 0 Å². The highest BCUT2D eigenvalue weighted by Crippen LogP contribution is 2.40. The molecule has 0 unspecified atom stereocenters. The SMILES string of the molecule is O=C(O)c1cc(Br)cc(NC(=O)c2cc(C3CC3)on2)c1. The van der Waals surface area contributed by atoms with E-state index in [-0.39, 0.29) is 11.3 Å². The van der Waals surface area contributed by atoms with E-state index in [0.29, 0.717) is 16.1 Å². The average Bonchev–Trinajstić information content (AvgIpc) is 3.15. The maximum atomic E-state index is 12.1. The van der Waals surface area contributed by atoms with E-state index in [9.17, 15) is 9.59 Å². The fourth-order valence-corrected chi connectivity index (χ4v) is 2.43. The van der Waals surface area contributed by atoms with Gasteiger partial charge in [0.05, 0.1) is 5.56 Å². The predicted octanol–water partition coefficient (Wildman–Crippen LogP) is 3.27. The first kappa shape index (κ1) is 13.8. The van der Waals surface area contributed by atoms with Gasteiger partial charge in [0, 0.05) is 22.1 Å². The van der Waals surface area contributed by atoms with Gasteiger partial charge in [-0.1, -0.05) is 21.1 Å². The third-order valence-corrected chi connectivity index (χ3v) is 3.60. The molecule has 2 aromatic rings. The van der Waals surface area contributed by atoms with Gasteiger partial charge in [-0.25, -0.2) is 4.79 Å². The van der Waals surface area contributed by atoms with Crippen molar-refractivity contribution in [3.05, 3.63) is 45.8 Å². The van der Waals surface area contributed by atoms with E-state index in [1.807, 2.05) is 0 Å². The summed E-state index contributed by atoms with van der Waals surface area (Å²) in [4.78, 5) is 23.1. The Bertz CT molecular complexity index is 722. The fraction of sp³-hybridized carbons (Fsp3) is 0.214. The molecule has 1 aliphatic rings. The Morgan fingerprint density at radius 1 is 1.29 bits per heavy atom. The second-order valence-electron chi connectivity index (χ2n) is 4.88. The molecule has 21 heavy (non-hydrogen) atoms. The van der Waals surface area contributed by atoms with Gasteiger partial charge in [-0.3, -0.25) is 4.79 Å². The lowest BCUT2D eigenvalue weighted by molar-refractivity contribution is 0.0696. The van der Waals surface area contributed by atoms with Crippen molar-refractivity contribution in [1.82, 2.24) is 5.16 Å². The van der Waals surface area contributed by atoms with Crippen LogP contribution in [-0.4, -0.2) is 22.1 Å². The van der Waals surface area contributed by atoms with Gasteiger partial charge in [0.25, 0.3) is 5.91 Å². The number of carboxylic acid groups (broad SMARTS) is 1. The number of rotatable bonds is 4. The van der Waals surface area contributed by atoms with Crippen LogP contribution in [0.25, 0.3) is 0 Å². The van der Waals surface area contributed by atoms with Crippen LogP contribution in [0.4, 0.5) is 5.69 Å². The summed E-state index contributed by atoms with van der Waals surface area (Å²) in [6, 6.07) is 6.08. The zero-order valence-electron chi connectivity index (χ0n) is 10.8. The summed E-state index contributed by atoms with van der Waals surface area (Å²) in [6.07, 6.45) is 2.12. The molecule has 0 saturated heterocycles. The molecule has 6 nitrogen and oxygen atoms in total. The molecule has 0 aliphatic heterocycles. The lowest BCUT2D eigenvalue weighted by Crippen LogP contribution is -2.12. The number of aromatic carboxylic acids is 1. The van der Waals surface area contributed by atoms with E-state index in [2.05, 4.69) is 26.4 Å². The molecule has 3 rings (SSSR count). The van der Waals surface area contributed by atoms with Crippen molar-refractivity contribution in [2.24, 2.45) is 0 Å². The lowest BCUT2D eigenvalue weighted by atomic mass is 10.2. The lowest BCUT2D eigenvalue weighted by Gasteiger charge is -2.05. The van der Waals surface area contributed by atoms with Crippen LogP contribution in [0.3, 0.4) is 0 Å². The molecular formula is C14H11BrN2O4. The molecule has 1 heterocycles. The van der Waals surface area contributed by atoms with Gasteiger partial charge >= 0.3 is 5.97 Å². The summed E-state index contributed by atoms with van der Waals surface area (Å²) in [5, 5.41) is 15.3. The molecule has 1 aliphatic carbocycles. The van der Waals surface area contributed by atoms with E-state index in [1.165, 1.54) is 12.1 Å². The van der Waals surface area contributed by atoms with Crippen LogP contribution in [0.5, 0.6) is 0 Å². The normalized spacial score (nSPS) is 14.0. The molecule has 0 atom stereocenters. The van der Waals surface area contributed by atoms with E-state index in [0.717, 1.165) is 18.6 Å². The van der Waals surface area contributed by atoms with Gasteiger partial charge < -0.3 is 14.9 Å². The maximum Gasteiger partial charge on any atom is 0.335 e. The first-order valence-electron chi connectivity index (χ1n) is 6.35. The Balaban J connectivity index is 1.78. The number of carbonyl (C=O) groups is 2. The molecule has 7 heteroatoms. The minimum Gasteiger partial charge on any atom is -0.478 e. The second kappa shape index (κ2) is 5.33. The zero-order valence-corrected chi connectivity index (χ0v) is 12.4. The maximum absolute atomic E-state index is 12.1. The van der Waals surface area contributed by atoms with E-state index < -0.39 is 11.9 Å². The summed E-state index contributed by atoms with van der Waals surface area (Å²) in [6.45, 7) is 0. The first-order chi connectivity index (χ1) is 10.0. The molecule has 0 bridgehead atoms. The highest BCUT2D eigenvalue weighted by Gasteiger charge is 2.28. The molecular weight excluding hydrogens is 340 g/mol. The molecule has 1 aromatic carbocycles. The highest BCUT2D eigenvalue weighted by molar-refractivity contribution is 9.10. The monoisotopic (exact) mass is 350 g/mol.